The van der Waals surface area contributed by atoms with Crippen LogP contribution in [0.5, 0.6) is 0 Å². The number of aliphatic carboxylic acids is 1. The Balaban J connectivity index is 2.11. The van der Waals surface area contributed by atoms with Crippen molar-refractivity contribution in [2.75, 3.05) is 0 Å². The first-order valence-corrected chi connectivity index (χ1v) is 7.07. The first kappa shape index (κ1) is 14.0. The van der Waals surface area contributed by atoms with E-state index in [1.807, 2.05) is 6.08 Å². The average molecular weight is 322 g/mol. The Kier molecular flexibility index (Phi) is 3.06. The summed E-state index contributed by atoms with van der Waals surface area (Å²) in [7, 11) is 0. The van der Waals surface area contributed by atoms with E-state index in [-0.39, 0.29) is 11.7 Å². The smallest absolute Gasteiger partial charge is 0.325 e. The summed E-state index contributed by atoms with van der Waals surface area (Å²) in [4.78, 5) is 27.7. The lowest BCUT2D eigenvalue weighted by molar-refractivity contribution is -0.138. The highest BCUT2D eigenvalue weighted by Gasteiger charge is 2.21. The predicted molar refractivity (Wildman–Crippen MR) is 83.1 cm³/mol. The van der Waals surface area contributed by atoms with Crippen LogP contribution in [0.1, 0.15) is 11.3 Å². The molecular weight excluding hydrogens is 312 g/mol. The van der Waals surface area contributed by atoms with E-state index in [1.165, 1.54) is 12.5 Å². The summed E-state index contributed by atoms with van der Waals surface area (Å²) in [5, 5.41) is 13.2. The monoisotopic (exact) mass is 322 g/mol. The standard InChI is InChI=1S/C16H10N4O4/c21-13(22)9-19-16(23)12-8-10-4-2-1-3-5-11(10)20(12)14(18-19)15-17-6-7-24-15/h2,4,6-8H,5,9H2,(H,21,22). The van der Waals surface area contributed by atoms with Gasteiger partial charge in [-0.05, 0) is 23.8 Å². The Bertz CT molecular complexity index is 1110. The molecule has 0 bridgehead atoms. The van der Waals surface area contributed by atoms with Gasteiger partial charge in [0.2, 0.25) is 5.82 Å². The van der Waals surface area contributed by atoms with Crippen LogP contribution >= 0.6 is 0 Å². The van der Waals surface area contributed by atoms with E-state index >= 15 is 0 Å². The summed E-state index contributed by atoms with van der Waals surface area (Å²) in [5.74, 6) is 5.16. The van der Waals surface area contributed by atoms with Gasteiger partial charge in [-0.15, -0.1) is 5.10 Å². The molecule has 4 rings (SSSR count). The summed E-state index contributed by atoms with van der Waals surface area (Å²) >= 11 is 0. The summed E-state index contributed by atoms with van der Waals surface area (Å²) in [5.41, 5.74) is 1.40. The fourth-order valence-electron chi connectivity index (χ4n) is 2.66. The Morgan fingerprint density at radius 2 is 2.33 bits per heavy atom. The third kappa shape index (κ3) is 2.11. The molecule has 0 aliphatic heterocycles. The number of allylic oxidation sites excluding steroid dienone is 1. The zero-order valence-corrected chi connectivity index (χ0v) is 12.3. The van der Waals surface area contributed by atoms with E-state index < -0.39 is 18.1 Å². The topological polar surface area (TPSA) is 103 Å². The summed E-state index contributed by atoms with van der Waals surface area (Å²) in [6.07, 6.45) is 6.78. The van der Waals surface area contributed by atoms with Crippen LogP contribution in [0.4, 0.5) is 0 Å². The lowest BCUT2D eigenvalue weighted by Crippen LogP contribution is -2.29. The molecule has 8 nitrogen and oxygen atoms in total. The van der Waals surface area contributed by atoms with Crippen LogP contribution in [0.2, 0.25) is 0 Å². The SMILES string of the molecule is O=C(O)Cn1nc(-c2ncco2)n2c3c(cc2c1=O)C=CC#CC3. The van der Waals surface area contributed by atoms with Crippen molar-refractivity contribution in [3.8, 4) is 23.6 Å². The number of carboxylic acid groups (broad SMARTS) is 1. The molecule has 24 heavy (non-hydrogen) atoms. The second kappa shape index (κ2) is 5.24. The maximum absolute atomic E-state index is 12.6. The Morgan fingerprint density at radius 1 is 1.46 bits per heavy atom. The van der Waals surface area contributed by atoms with E-state index in [4.69, 9.17) is 9.52 Å². The van der Waals surface area contributed by atoms with Crippen LogP contribution in [-0.2, 0) is 17.8 Å². The van der Waals surface area contributed by atoms with Gasteiger partial charge in [0.1, 0.15) is 18.3 Å². The molecule has 1 N–H and O–H groups in total. The second-order valence-electron chi connectivity index (χ2n) is 5.12. The Hall–Kier alpha value is -3.60. The van der Waals surface area contributed by atoms with Crippen molar-refractivity contribution in [2.24, 2.45) is 0 Å². The minimum Gasteiger partial charge on any atom is -0.480 e. The maximum atomic E-state index is 12.6. The largest absolute Gasteiger partial charge is 0.480 e. The molecule has 3 heterocycles. The highest BCUT2D eigenvalue weighted by Crippen LogP contribution is 2.23. The third-order valence-corrected chi connectivity index (χ3v) is 3.63. The number of nitrogens with zero attached hydrogens (tertiary/aromatic N) is 4. The van der Waals surface area contributed by atoms with Gasteiger partial charge in [0.25, 0.3) is 11.4 Å². The van der Waals surface area contributed by atoms with Crippen molar-refractivity contribution in [1.82, 2.24) is 19.2 Å². The Morgan fingerprint density at radius 3 is 3.08 bits per heavy atom. The number of hydrogen-bond acceptors (Lipinski definition) is 5. The van der Waals surface area contributed by atoms with Crippen LogP contribution in [0.3, 0.4) is 0 Å². The van der Waals surface area contributed by atoms with Gasteiger partial charge in [-0.3, -0.25) is 14.0 Å². The molecule has 0 unspecified atom stereocenters. The molecule has 1 aliphatic rings. The maximum Gasteiger partial charge on any atom is 0.325 e. The molecule has 8 heteroatoms. The highest BCUT2D eigenvalue weighted by atomic mass is 16.4. The van der Waals surface area contributed by atoms with Gasteiger partial charge in [0, 0.05) is 5.69 Å². The van der Waals surface area contributed by atoms with E-state index in [2.05, 4.69) is 21.9 Å². The van der Waals surface area contributed by atoms with Crippen molar-refractivity contribution >= 4 is 17.6 Å². The van der Waals surface area contributed by atoms with Gasteiger partial charge < -0.3 is 9.52 Å². The molecule has 3 aromatic heterocycles. The van der Waals surface area contributed by atoms with E-state index in [0.717, 1.165) is 15.9 Å². The summed E-state index contributed by atoms with van der Waals surface area (Å²) < 4.78 is 7.83. The van der Waals surface area contributed by atoms with Crippen molar-refractivity contribution < 1.29 is 14.3 Å². The predicted octanol–water partition coefficient (Wildman–Crippen LogP) is 0.808. The van der Waals surface area contributed by atoms with Gasteiger partial charge in [-0.1, -0.05) is 11.8 Å². The second-order valence-corrected chi connectivity index (χ2v) is 5.12. The fourth-order valence-corrected chi connectivity index (χ4v) is 2.66. The van der Waals surface area contributed by atoms with Gasteiger partial charge in [-0.2, -0.15) is 0 Å². The van der Waals surface area contributed by atoms with E-state index in [0.29, 0.717) is 11.9 Å². The highest BCUT2D eigenvalue weighted by molar-refractivity contribution is 5.70. The molecule has 0 radical (unpaired) electrons. The summed E-state index contributed by atoms with van der Waals surface area (Å²) in [6.45, 7) is -0.547. The molecule has 0 aromatic carbocycles. The first-order valence-electron chi connectivity index (χ1n) is 7.07. The van der Waals surface area contributed by atoms with Crippen molar-refractivity contribution in [2.45, 2.75) is 13.0 Å². The number of oxazole rings is 1. The molecule has 0 atom stereocenters. The van der Waals surface area contributed by atoms with Crippen LogP contribution < -0.4 is 5.56 Å². The number of fused-ring (bicyclic) bond motifs is 3. The van der Waals surface area contributed by atoms with Gasteiger partial charge in [0.15, 0.2) is 0 Å². The first-order chi connectivity index (χ1) is 11.6. The number of carboxylic acids is 1. The van der Waals surface area contributed by atoms with E-state index in [1.54, 1.807) is 16.5 Å². The molecule has 0 saturated heterocycles. The fraction of sp³-hybridized carbons (Fsp3) is 0.125. The molecule has 1 aliphatic carbocycles. The minimum atomic E-state index is -1.16. The Labute approximate surface area is 134 Å². The summed E-state index contributed by atoms with van der Waals surface area (Å²) in [6, 6.07) is 1.69. The average Bonchev–Trinajstić information content (AvgIpc) is 3.14. The number of aromatic nitrogens is 4. The van der Waals surface area contributed by atoms with Gasteiger partial charge in [0.05, 0.1) is 12.6 Å². The number of rotatable bonds is 3. The van der Waals surface area contributed by atoms with E-state index in [9.17, 15) is 9.59 Å². The molecule has 0 saturated carbocycles. The quantitative estimate of drug-likeness (QED) is 0.716. The van der Waals surface area contributed by atoms with Gasteiger partial charge >= 0.3 is 5.97 Å². The molecular formula is C16H10N4O4. The van der Waals surface area contributed by atoms with Crippen LogP contribution in [0.15, 0.2) is 33.8 Å². The molecule has 0 fully saturated rings. The molecule has 118 valence electrons. The third-order valence-electron chi connectivity index (χ3n) is 3.63. The molecule has 0 spiro atoms. The normalized spacial score (nSPS) is 12.5. The van der Waals surface area contributed by atoms with Crippen molar-refractivity contribution in [3.63, 3.8) is 0 Å². The van der Waals surface area contributed by atoms with Crippen LogP contribution in [-0.4, -0.2) is 30.2 Å². The zero-order chi connectivity index (χ0) is 16.7. The zero-order valence-electron chi connectivity index (χ0n) is 12.3. The van der Waals surface area contributed by atoms with Crippen LogP contribution in [0.25, 0.3) is 23.3 Å². The molecule has 0 amide bonds. The van der Waals surface area contributed by atoms with Crippen LogP contribution in [0, 0.1) is 11.8 Å². The van der Waals surface area contributed by atoms with Crippen molar-refractivity contribution in [3.05, 3.63) is 46.2 Å². The lowest BCUT2D eigenvalue weighted by atomic mass is 10.2. The molecule has 3 aromatic rings. The lowest BCUT2D eigenvalue weighted by Gasteiger charge is -2.09. The van der Waals surface area contributed by atoms with Crippen molar-refractivity contribution in [1.29, 1.82) is 0 Å². The van der Waals surface area contributed by atoms with Gasteiger partial charge in [-0.25, -0.2) is 9.67 Å². The number of carbonyl (C=O) groups is 1. The minimum absolute atomic E-state index is 0.193. The number of hydrogen-bond donors (Lipinski definition) is 1.